The monoisotopic (exact) mass is 546 g/mol. The lowest BCUT2D eigenvalue weighted by atomic mass is 9.96. The summed E-state index contributed by atoms with van der Waals surface area (Å²) < 4.78 is 11.8. The Morgan fingerprint density at radius 3 is 2.27 bits per heavy atom. The lowest BCUT2D eigenvalue weighted by Gasteiger charge is -2.20. The maximum Gasteiger partial charge on any atom is 0.339 e. The van der Waals surface area contributed by atoms with Crippen molar-refractivity contribution in [3.63, 3.8) is 0 Å². The molecule has 4 rings (SSSR count). The van der Waals surface area contributed by atoms with Gasteiger partial charge in [0, 0.05) is 33.9 Å². The topological polar surface area (TPSA) is 139 Å². The molecule has 9 heteroatoms. The van der Waals surface area contributed by atoms with Crippen LogP contribution in [-0.4, -0.2) is 35.5 Å². The molecule has 0 spiro atoms. The van der Waals surface area contributed by atoms with Crippen molar-refractivity contribution in [1.82, 2.24) is 10.6 Å². The molecule has 9 nitrogen and oxygen atoms in total. The molecule has 2 aromatic heterocycles. The van der Waals surface area contributed by atoms with E-state index in [1.807, 2.05) is 64.1 Å². The van der Waals surface area contributed by atoms with Crippen LogP contribution in [0.3, 0.4) is 0 Å². The summed E-state index contributed by atoms with van der Waals surface area (Å²) in [4.78, 5) is 49.1. The molecule has 40 heavy (non-hydrogen) atoms. The Kier molecular flexibility index (Phi) is 8.42. The number of nitrogens with one attached hydrogen (secondary N) is 2. The second-order valence-electron chi connectivity index (χ2n) is 10.2. The van der Waals surface area contributed by atoms with Crippen molar-refractivity contribution in [1.29, 1.82) is 0 Å². The van der Waals surface area contributed by atoms with Crippen LogP contribution in [0.5, 0.6) is 0 Å². The van der Waals surface area contributed by atoms with Crippen molar-refractivity contribution in [3.05, 3.63) is 69.3 Å². The molecular weight excluding hydrogens is 512 g/mol. The van der Waals surface area contributed by atoms with Crippen molar-refractivity contribution < 1.29 is 28.3 Å². The average Bonchev–Trinajstić information content (AvgIpc) is 3.27. The molecule has 0 aliphatic rings. The van der Waals surface area contributed by atoms with Crippen molar-refractivity contribution in [2.24, 2.45) is 5.92 Å². The van der Waals surface area contributed by atoms with E-state index in [9.17, 15) is 24.3 Å². The van der Waals surface area contributed by atoms with Gasteiger partial charge in [0.1, 0.15) is 23.0 Å². The first kappa shape index (κ1) is 28.6. The highest BCUT2D eigenvalue weighted by atomic mass is 16.4. The summed E-state index contributed by atoms with van der Waals surface area (Å²) >= 11 is 0. The fourth-order valence-electron chi connectivity index (χ4n) is 5.04. The van der Waals surface area contributed by atoms with E-state index in [0.717, 1.165) is 38.8 Å². The maximum absolute atomic E-state index is 12.9. The number of hydrogen-bond acceptors (Lipinski definition) is 6. The van der Waals surface area contributed by atoms with E-state index in [2.05, 4.69) is 10.6 Å². The van der Waals surface area contributed by atoms with Crippen LogP contribution in [0.1, 0.15) is 49.1 Å². The lowest BCUT2D eigenvalue weighted by molar-refractivity contribution is -0.143. The van der Waals surface area contributed by atoms with Gasteiger partial charge in [-0.3, -0.25) is 9.59 Å². The molecule has 0 radical (unpaired) electrons. The predicted molar refractivity (Wildman–Crippen MR) is 152 cm³/mol. The van der Waals surface area contributed by atoms with Crippen molar-refractivity contribution in [2.45, 2.75) is 59.9 Å². The maximum atomic E-state index is 12.9. The first-order chi connectivity index (χ1) is 19.0. The summed E-state index contributed by atoms with van der Waals surface area (Å²) in [5, 5.41) is 16.0. The molecule has 2 heterocycles. The number of furan rings is 1. The van der Waals surface area contributed by atoms with Crippen molar-refractivity contribution in [2.75, 3.05) is 6.54 Å². The summed E-state index contributed by atoms with van der Waals surface area (Å²) in [6.07, 6.45) is 0.657. The van der Waals surface area contributed by atoms with Crippen molar-refractivity contribution >= 4 is 39.7 Å². The summed E-state index contributed by atoms with van der Waals surface area (Å²) in [6, 6.07) is 10.9. The van der Waals surface area contributed by atoms with Gasteiger partial charge in [-0.2, -0.15) is 0 Å². The molecule has 2 amide bonds. The van der Waals surface area contributed by atoms with Crippen LogP contribution < -0.4 is 16.3 Å². The second kappa shape index (κ2) is 11.8. The van der Waals surface area contributed by atoms with Gasteiger partial charge in [0.25, 0.3) is 0 Å². The number of amides is 2. The van der Waals surface area contributed by atoms with Crippen LogP contribution in [0.15, 0.2) is 50.0 Å². The minimum absolute atomic E-state index is 0.0422. The number of carbonyl (C=O) groups excluding carboxylic acids is 2. The molecule has 0 fully saturated rings. The molecule has 0 unspecified atom stereocenters. The Morgan fingerprint density at radius 2 is 1.62 bits per heavy atom. The Morgan fingerprint density at radius 1 is 0.950 bits per heavy atom. The normalized spacial score (nSPS) is 12.8. The van der Waals surface area contributed by atoms with Gasteiger partial charge in [0.2, 0.25) is 11.8 Å². The molecule has 2 aromatic carbocycles. The van der Waals surface area contributed by atoms with E-state index in [4.69, 9.17) is 8.83 Å². The predicted octanol–water partition coefficient (Wildman–Crippen LogP) is 4.80. The standard InChI is InChI=1S/C31H34N2O7/c1-6-16(2)27(30(36)37)33-25(35)15-32-24(34)13-12-21-17(3)22-14-23-26(20-10-8-7-9-11-20)19(5)39-29(23)18(4)28(22)40-31(21)38/h7-11,14,16,27H,6,12-13,15H2,1-5H3,(H,32,34)(H,33,35)(H,36,37)/t16-,27+/m0/s1. The van der Waals surface area contributed by atoms with Crippen molar-refractivity contribution in [3.8, 4) is 11.1 Å². The first-order valence-electron chi connectivity index (χ1n) is 13.4. The summed E-state index contributed by atoms with van der Waals surface area (Å²) in [7, 11) is 0. The number of aryl methyl sites for hydroxylation is 3. The number of carboxylic acids is 1. The highest BCUT2D eigenvalue weighted by Crippen LogP contribution is 2.39. The zero-order valence-corrected chi connectivity index (χ0v) is 23.3. The number of rotatable bonds is 10. The number of carbonyl (C=O) groups is 3. The lowest BCUT2D eigenvalue weighted by Crippen LogP contribution is -2.48. The Bertz CT molecular complexity index is 1650. The van der Waals surface area contributed by atoms with Gasteiger partial charge >= 0.3 is 11.6 Å². The average molecular weight is 547 g/mol. The zero-order chi connectivity index (χ0) is 29.1. The first-order valence-corrected chi connectivity index (χ1v) is 13.4. The van der Waals surface area contributed by atoms with Gasteiger partial charge in [0.05, 0.1) is 6.54 Å². The quantitative estimate of drug-likeness (QED) is 0.243. The van der Waals surface area contributed by atoms with E-state index in [1.54, 1.807) is 6.92 Å². The van der Waals surface area contributed by atoms with Crippen LogP contribution in [0, 0.1) is 26.7 Å². The Hall–Kier alpha value is -4.40. The number of benzene rings is 2. The zero-order valence-electron chi connectivity index (χ0n) is 23.3. The van der Waals surface area contributed by atoms with E-state index in [0.29, 0.717) is 23.2 Å². The van der Waals surface area contributed by atoms with Gasteiger partial charge in [-0.15, -0.1) is 0 Å². The van der Waals surface area contributed by atoms with Crippen LogP contribution in [0.2, 0.25) is 0 Å². The van der Waals surface area contributed by atoms with E-state index in [-0.39, 0.29) is 25.3 Å². The number of hydrogen-bond donors (Lipinski definition) is 3. The minimum Gasteiger partial charge on any atom is -0.480 e. The van der Waals surface area contributed by atoms with Gasteiger partial charge in [-0.1, -0.05) is 50.6 Å². The third-order valence-corrected chi connectivity index (χ3v) is 7.54. The number of carboxylic acid groups (broad SMARTS) is 1. The molecule has 4 aromatic rings. The molecule has 0 aliphatic carbocycles. The summed E-state index contributed by atoms with van der Waals surface area (Å²) in [5.74, 6) is -1.65. The molecule has 0 saturated heterocycles. The van der Waals surface area contributed by atoms with Crippen LogP contribution >= 0.6 is 0 Å². The van der Waals surface area contributed by atoms with E-state index in [1.165, 1.54) is 0 Å². The van der Waals surface area contributed by atoms with Gasteiger partial charge < -0.3 is 24.6 Å². The van der Waals surface area contributed by atoms with Crippen LogP contribution in [0.25, 0.3) is 33.1 Å². The molecule has 2 atom stereocenters. The Labute approximate surface area is 231 Å². The second-order valence-corrected chi connectivity index (χ2v) is 10.2. The minimum atomic E-state index is -1.12. The van der Waals surface area contributed by atoms with Gasteiger partial charge in [0.15, 0.2) is 0 Å². The third kappa shape index (κ3) is 5.64. The molecule has 3 N–H and O–H groups in total. The molecule has 210 valence electrons. The molecule has 0 aliphatic heterocycles. The van der Waals surface area contributed by atoms with Crippen LogP contribution in [-0.2, 0) is 20.8 Å². The van der Waals surface area contributed by atoms with Gasteiger partial charge in [-0.05, 0) is 50.3 Å². The van der Waals surface area contributed by atoms with E-state index >= 15 is 0 Å². The molecule has 0 saturated carbocycles. The summed E-state index contributed by atoms with van der Waals surface area (Å²) in [6.45, 7) is 8.82. The van der Waals surface area contributed by atoms with Crippen LogP contribution in [0.4, 0.5) is 0 Å². The van der Waals surface area contributed by atoms with Gasteiger partial charge in [-0.25, -0.2) is 9.59 Å². The fraction of sp³-hybridized carbons (Fsp3) is 0.355. The summed E-state index contributed by atoms with van der Waals surface area (Å²) in [5.41, 5.74) is 4.41. The highest BCUT2D eigenvalue weighted by Gasteiger charge is 2.25. The largest absolute Gasteiger partial charge is 0.480 e. The fourth-order valence-corrected chi connectivity index (χ4v) is 5.04. The molecular formula is C31H34N2O7. The highest BCUT2D eigenvalue weighted by molar-refractivity contribution is 6.05. The van der Waals surface area contributed by atoms with E-state index < -0.39 is 29.5 Å². The third-order valence-electron chi connectivity index (χ3n) is 7.54. The Balaban J connectivity index is 1.54. The molecule has 0 bridgehead atoms. The number of aliphatic carboxylic acids is 1. The SMILES string of the molecule is CC[C@H](C)[C@@H](NC(=O)CNC(=O)CCc1c(C)c2cc3c(-c4ccccc4)c(C)oc3c(C)c2oc1=O)C(=O)O. The smallest absolute Gasteiger partial charge is 0.339 e. The number of fused-ring (bicyclic) bond motifs is 2.